The van der Waals surface area contributed by atoms with Crippen LogP contribution in [-0.2, 0) is 16.9 Å². The quantitative estimate of drug-likeness (QED) is 0.486. The first-order valence-electron chi connectivity index (χ1n) is 9.12. The molecule has 1 unspecified atom stereocenters. The standard InChI is InChI=1S/C20H22N6OS/c1-4-28(27)12-15-6-5-7-16(9-15)17-10-19-21-14(3)11-26(19)20(22-17)23-18-8-13(2)24-25-18/h5-11H,4,12H2,1-3H3,(H2,22,23,24,25). The molecule has 2 N–H and O–H groups in total. The highest BCUT2D eigenvalue weighted by atomic mass is 32.2. The van der Waals surface area contributed by atoms with Crippen LogP contribution in [0.2, 0.25) is 0 Å². The van der Waals surface area contributed by atoms with Crippen LogP contribution in [0, 0.1) is 13.8 Å². The summed E-state index contributed by atoms with van der Waals surface area (Å²) >= 11 is -0.851. The first kappa shape index (κ1) is 18.5. The lowest BCUT2D eigenvalue weighted by molar-refractivity contribution is 0.595. The average molecular weight is 395 g/mol. The van der Waals surface area contributed by atoms with E-state index in [0.29, 0.717) is 23.3 Å². The van der Waals surface area contributed by atoms with Gasteiger partial charge in [0.15, 0.2) is 5.82 Å². The summed E-state index contributed by atoms with van der Waals surface area (Å²) in [5.74, 6) is 2.54. The zero-order chi connectivity index (χ0) is 19.7. The molecule has 1 aromatic carbocycles. The van der Waals surface area contributed by atoms with Crippen molar-refractivity contribution in [2.75, 3.05) is 11.1 Å². The number of rotatable bonds is 6. The van der Waals surface area contributed by atoms with Gasteiger partial charge in [0, 0.05) is 35.2 Å². The van der Waals surface area contributed by atoms with Crippen molar-refractivity contribution < 1.29 is 4.55 Å². The molecule has 0 fully saturated rings. The van der Waals surface area contributed by atoms with E-state index in [0.717, 1.165) is 33.9 Å². The molecule has 0 spiro atoms. The zero-order valence-electron chi connectivity index (χ0n) is 16.1. The fourth-order valence-electron chi connectivity index (χ4n) is 3.05. The molecule has 28 heavy (non-hydrogen) atoms. The van der Waals surface area contributed by atoms with Gasteiger partial charge in [0.25, 0.3) is 0 Å². The van der Waals surface area contributed by atoms with Crippen molar-refractivity contribution in [2.24, 2.45) is 0 Å². The van der Waals surface area contributed by atoms with Crippen LogP contribution in [0.1, 0.15) is 23.9 Å². The Morgan fingerprint density at radius 2 is 2.04 bits per heavy atom. The molecule has 0 amide bonds. The molecule has 4 rings (SSSR count). The van der Waals surface area contributed by atoms with Gasteiger partial charge < -0.3 is 9.87 Å². The van der Waals surface area contributed by atoms with Crippen LogP contribution < -0.4 is 5.32 Å². The number of hydrogen-bond acceptors (Lipinski definition) is 5. The summed E-state index contributed by atoms with van der Waals surface area (Å²) in [6.45, 7) is 5.84. The van der Waals surface area contributed by atoms with E-state index in [2.05, 4.69) is 20.5 Å². The Morgan fingerprint density at radius 1 is 1.18 bits per heavy atom. The molecular weight excluding hydrogens is 372 g/mol. The van der Waals surface area contributed by atoms with Crippen LogP contribution in [0.5, 0.6) is 0 Å². The summed E-state index contributed by atoms with van der Waals surface area (Å²) in [7, 11) is 0. The number of nitrogens with zero attached hydrogens (tertiary/aromatic N) is 4. The van der Waals surface area contributed by atoms with Crippen LogP contribution in [0.25, 0.3) is 16.9 Å². The highest BCUT2D eigenvalue weighted by Gasteiger charge is 2.12. The molecule has 1 atom stereocenters. The molecule has 3 heterocycles. The third kappa shape index (κ3) is 3.88. The first-order valence-corrected chi connectivity index (χ1v) is 10.6. The van der Waals surface area contributed by atoms with Crippen LogP contribution in [0.15, 0.2) is 42.6 Å². The molecule has 0 aliphatic carbocycles. The topological polar surface area (TPSA) is 94.0 Å². The summed E-state index contributed by atoms with van der Waals surface area (Å²) < 4.78 is 13.8. The normalized spacial score (nSPS) is 12.4. The third-order valence-corrected chi connectivity index (χ3v) is 5.69. The van der Waals surface area contributed by atoms with E-state index in [1.54, 1.807) is 0 Å². The zero-order valence-corrected chi connectivity index (χ0v) is 16.9. The minimum atomic E-state index is -0.851. The first-order chi connectivity index (χ1) is 13.5. The number of aromatic amines is 1. The Labute approximate surface area is 166 Å². The molecule has 8 heteroatoms. The van der Waals surface area contributed by atoms with Gasteiger partial charge in [-0.3, -0.25) is 9.50 Å². The Bertz CT molecular complexity index is 1120. The Kier molecular flexibility index (Phi) is 5.06. The predicted molar refractivity (Wildman–Crippen MR) is 112 cm³/mol. The molecule has 144 valence electrons. The minimum absolute atomic E-state index is 0.548. The molecule has 0 aliphatic heterocycles. The molecule has 0 radical (unpaired) electrons. The van der Waals surface area contributed by atoms with Gasteiger partial charge >= 0.3 is 0 Å². The maximum absolute atomic E-state index is 11.9. The van der Waals surface area contributed by atoms with Crippen molar-refractivity contribution in [3.05, 3.63) is 59.5 Å². The third-order valence-electron chi connectivity index (χ3n) is 4.39. The SMILES string of the molecule is CC[S+]([O-])Cc1cccc(-c2cc3nc(C)cn3c(Nc3cc(C)[nH]n3)n2)c1. The highest BCUT2D eigenvalue weighted by Crippen LogP contribution is 2.25. The number of imidazole rings is 1. The van der Waals surface area contributed by atoms with E-state index >= 15 is 0 Å². The van der Waals surface area contributed by atoms with Crippen molar-refractivity contribution in [3.63, 3.8) is 0 Å². The second kappa shape index (κ2) is 7.65. The van der Waals surface area contributed by atoms with Crippen molar-refractivity contribution in [3.8, 4) is 11.3 Å². The Balaban J connectivity index is 1.76. The van der Waals surface area contributed by atoms with E-state index < -0.39 is 11.2 Å². The Morgan fingerprint density at radius 3 is 2.79 bits per heavy atom. The molecule has 0 saturated heterocycles. The van der Waals surface area contributed by atoms with Gasteiger partial charge in [0.2, 0.25) is 5.95 Å². The lowest BCUT2D eigenvalue weighted by atomic mass is 10.1. The minimum Gasteiger partial charge on any atom is -0.616 e. The molecular formula is C20H22N6OS. The predicted octanol–water partition coefficient (Wildman–Crippen LogP) is 3.75. The van der Waals surface area contributed by atoms with Gasteiger partial charge in [0.1, 0.15) is 17.2 Å². The largest absolute Gasteiger partial charge is 0.616 e. The number of H-pyrrole nitrogens is 1. The maximum Gasteiger partial charge on any atom is 0.215 e. The molecule has 4 aromatic rings. The van der Waals surface area contributed by atoms with Gasteiger partial charge in [-0.15, -0.1) is 0 Å². The summed E-state index contributed by atoms with van der Waals surface area (Å²) in [6, 6.07) is 11.9. The van der Waals surface area contributed by atoms with E-state index in [9.17, 15) is 4.55 Å². The van der Waals surface area contributed by atoms with E-state index in [1.165, 1.54) is 0 Å². The van der Waals surface area contributed by atoms with Gasteiger partial charge in [-0.05, 0) is 38.0 Å². The van der Waals surface area contributed by atoms with Gasteiger partial charge in [-0.2, -0.15) is 5.10 Å². The molecule has 0 bridgehead atoms. The van der Waals surface area contributed by atoms with Crippen LogP contribution >= 0.6 is 0 Å². The number of aryl methyl sites for hydroxylation is 2. The number of anilines is 2. The smallest absolute Gasteiger partial charge is 0.215 e. The monoisotopic (exact) mass is 394 g/mol. The average Bonchev–Trinajstić information content (AvgIpc) is 3.26. The van der Waals surface area contributed by atoms with Gasteiger partial charge in [-0.1, -0.05) is 18.2 Å². The molecule has 3 aromatic heterocycles. The van der Waals surface area contributed by atoms with E-state index in [-0.39, 0.29) is 0 Å². The fourth-order valence-corrected chi connectivity index (χ4v) is 3.81. The van der Waals surface area contributed by atoms with E-state index in [1.807, 2.05) is 67.8 Å². The molecule has 7 nitrogen and oxygen atoms in total. The number of hydrogen-bond donors (Lipinski definition) is 2. The second-order valence-corrected chi connectivity index (χ2v) is 8.46. The maximum atomic E-state index is 11.9. The summed E-state index contributed by atoms with van der Waals surface area (Å²) in [5, 5.41) is 10.4. The number of benzene rings is 1. The highest BCUT2D eigenvalue weighted by molar-refractivity contribution is 7.90. The van der Waals surface area contributed by atoms with Crippen molar-refractivity contribution in [1.82, 2.24) is 24.6 Å². The number of aromatic nitrogens is 5. The van der Waals surface area contributed by atoms with Gasteiger partial charge in [-0.25, -0.2) is 9.97 Å². The molecule has 0 saturated carbocycles. The van der Waals surface area contributed by atoms with E-state index in [4.69, 9.17) is 4.98 Å². The second-order valence-electron chi connectivity index (χ2n) is 6.71. The lowest BCUT2D eigenvalue weighted by Gasteiger charge is -2.11. The lowest BCUT2D eigenvalue weighted by Crippen LogP contribution is -2.06. The van der Waals surface area contributed by atoms with Crippen LogP contribution in [-0.4, -0.2) is 34.9 Å². The summed E-state index contributed by atoms with van der Waals surface area (Å²) in [6.07, 6.45) is 1.94. The number of fused-ring (bicyclic) bond motifs is 1. The van der Waals surface area contributed by atoms with Crippen molar-refractivity contribution >= 4 is 28.6 Å². The van der Waals surface area contributed by atoms with Crippen molar-refractivity contribution in [1.29, 1.82) is 0 Å². The van der Waals surface area contributed by atoms with Crippen LogP contribution in [0.4, 0.5) is 11.8 Å². The summed E-state index contributed by atoms with van der Waals surface area (Å²) in [5.41, 5.74) is 5.49. The van der Waals surface area contributed by atoms with Gasteiger partial charge in [0.05, 0.1) is 11.4 Å². The molecule has 0 aliphatic rings. The number of nitrogens with one attached hydrogen (secondary N) is 2. The summed E-state index contributed by atoms with van der Waals surface area (Å²) in [4.78, 5) is 9.41. The fraction of sp³-hybridized carbons (Fsp3) is 0.250. The van der Waals surface area contributed by atoms with Crippen LogP contribution in [0.3, 0.4) is 0 Å². The van der Waals surface area contributed by atoms with Crippen molar-refractivity contribution in [2.45, 2.75) is 26.5 Å². The Hall–Kier alpha value is -2.84.